The lowest BCUT2D eigenvalue weighted by Crippen LogP contribution is -2.43. The van der Waals surface area contributed by atoms with E-state index >= 15 is 0 Å². The highest BCUT2D eigenvalue weighted by Gasteiger charge is 2.18. The summed E-state index contributed by atoms with van der Waals surface area (Å²) in [7, 11) is 8.06. The van der Waals surface area contributed by atoms with Gasteiger partial charge in [-0.05, 0) is 74.9 Å². The molecule has 2 amide bonds. The fourth-order valence-corrected chi connectivity index (χ4v) is 2.09. The van der Waals surface area contributed by atoms with Crippen molar-refractivity contribution in [2.75, 3.05) is 60.9 Å². The molecule has 0 rings (SSSR count). The van der Waals surface area contributed by atoms with E-state index in [1.54, 1.807) is 20.8 Å². The van der Waals surface area contributed by atoms with Gasteiger partial charge in [0.25, 0.3) is 0 Å². The maximum absolute atomic E-state index is 12.4. The lowest BCUT2D eigenvalue weighted by atomic mass is 10.2. The first-order valence-corrected chi connectivity index (χ1v) is 8.55. The summed E-state index contributed by atoms with van der Waals surface area (Å²) in [6, 6.07) is 0. The Morgan fingerprint density at radius 2 is 1.33 bits per heavy atom. The van der Waals surface area contributed by atoms with Gasteiger partial charge in [-0.3, -0.25) is 4.79 Å². The van der Waals surface area contributed by atoms with E-state index in [2.05, 4.69) is 15.1 Å². The van der Waals surface area contributed by atoms with Crippen LogP contribution in [0.1, 0.15) is 33.6 Å². The van der Waals surface area contributed by atoms with Gasteiger partial charge in [-0.25, -0.2) is 4.79 Å². The fourth-order valence-electron chi connectivity index (χ4n) is 2.09. The van der Waals surface area contributed by atoms with Crippen molar-refractivity contribution in [3.05, 3.63) is 0 Å². The molecule has 0 radical (unpaired) electrons. The molecule has 0 atom stereocenters. The third kappa shape index (κ3) is 13.1. The normalized spacial score (nSPS) is 11.7. The Morgan fingerprint density at radius 3 is 1.71 bits per heavy atom. The lowest BCUT2D eigenvalue weighted by molar-refractivity contribution is -0.130. The number of amides is 2. The number of alkyl carbamates (subject to hydrolysis) is 1. The van der Waals surface area contributed by atoms with Crippen LogP contribution in [-0.2, 0) is 9.53 Å². The zero-order chi connectivity index (χ0) is 18.8. The van der Waals surface area contributed by atoms with Crippen LogP contribution in [0.2, 0.25) is 0 Å². The van der Waals surface area contributed by atoms with Gasteiger partial charge in [0.1, 0.15) is 12.1 Å². The summed E-state index contributed by atoms with van der Waals surface area (Å²) in [5.74, 6) is -0.0710. The highest BCUT2D eigenvalue weighted by Crippen LogP contribution is 2.06. The second-order valence-corrected chi connectivity index (χ2v) is 7.55. The number of nitrogens with one attached hydrogen (secondary N) is 1. The van der Waals surface area contributed by atoms with Crippen LogP contribution in [0.5, 0.6) is 0 Å². The predicted octanol–water partition coefficient (Wildman–Crippen LogP) is 1.24. The number of carbonyl (C=O) groups excluding carboxylic acids is 2. The smallest absolute Gasteiger partial charge is 0.408 e. The topological polar surface area (TPSA) is 65.1 Å². The van der Waals surface area contributed by atoms with E-state index in [4.69, 9.17) is 4.74 Å². The molecule has 7 nitrogen and oxygen atoms in total. The first-order chi connectivity index (χ1) is 11.0. The zero-order valence-corrected chi connectivity index (χ0v) is 16.5. The van der Waals surface area contributed by atoms with Crippen molar-refractivity contribution in [3.63, 3.8) is 0 Å². The summed E-state index contributed by atoms with van der Waals surface area (Å²) >= 11 is 0. The molecule has 24 heavy (non-hydrogen) atoms. The Labute approximate surface area is 147 Å². The number of nitrogens with zero attached hydrogens (tertiary/aromatic N) is 3. The third-order valence-electron chi connectivity index (χ3n) is 3.20. The van der Waals surface area contributed by atoms with E-state index in [1.807, 2.05) is 33.1 Å². The zero-order valence-electron chi connectivity index (χ0n) is 16.5. The molecule has 0 aromatic carbocycles. The number of carbonyl (C=O) groups is 2. The van der Waals surface area contributed by atoms with Gasteiger partial charge in [0.15, 0.2) is 0 Å². The average Bonchev–Trinajstić information content (AvgIpc) is 2.40. The molecule has 0 fully saturated rings. The molecule has 0 heterocycles. The molecule has 7 heteroatoms. The van der Waals surface area contributed by atoms with Gasteiger partial charge in [0, 0.05) is 13.1 Å². The van der Waals surface area contributed by atoms with Gasteiger partial charge >= 0.3 is 6.09 Å². The van der Waals surface area contributed by atoms with Crippen LogP contribution >= 0.6 is 0 Å². The monoisotopic (exact) mass is 344 g/mol. The van der Waals surface area contributed by atoms with E-state index < -0.39 is 11.7 Å². The van der Waals surface area contributed by atoms with Crippen molar-refractivity contribution in [1.29, 1.82) is 0 Å². The van der Waals surface area contributed by atoms with Crippen molar-refractivity contribution in [3.8, 4) is 0 Å². The molecule has 0 aromatic rings. The molecule has 0 bridgehead atoms. The van der Waals surface area contributed by atoms with Crippen molar-refractivity contribution >= 4 is 12.0 Å². The maximum atomic E-state index is 12.4. The SMILES string of the molecule is CN(C)CCCN(CCCN(C)C)C(=O)CNC(=O)OC(C)(C)C. The van der Waals surface area contributed by atoms with Crippen LogP contribution < -0.4 is 5.32 Å². The van der Waals surface area contributed by atoms with Crippen LogP contribution in [0.3, 0.4) is 0 Å². The molecular weight excluding hydrogens is 308 g/mol. The second kappa shape index (κ2) is 11.3. The highest BCUT2D eigenvalue weighted by molar-refractivity contribution is 5.82. The second-order valence-electron chi connectivity index (χ2n) is 7.55. The summed E-state index contributed by atoms with van der Waals surface area (Å²) < 4.78 is 5.16. The molecule has 1 N–H and O–H groups in total. The fraction of sp³-hybridized carbons (Fsp3) is 0.882. The summed E-state index contributed by atoms with van der Waals surface area (Å²) in [6.45, 7) is 8.60. The number of rotatable bonds is 10. The van der Waals surface area contributed by atoms with E-state index in [-0.39, 0.29) is 12.5 Å². The van der Waals surface area contributed by atoms with Crippen LogP contribution in [0.4, 0.5) is 4.79 Å². The molecule has 0 saturated heterocycles. The van der Waals surface area contributed by atoms with Crippen molar-refractivity contribution < 1.29 is 14.3 Å². The van der Waals surface area contributed by atoms with E-state index in [0.717, 1.165) is 25.9 Å². The van der Waals surface area contributed by atoms with Crippen molar-refractivity contribution in [2.45, 2.75) is 39.2 Å². The molecule has 0 saturated carbocycles. The van der Waals surface area contributed by atoms with Crippen LogP contribution in [0.25, 0.3) is 0 Å². The quantitative estimate of drug-likeness (QED) is 0.646. The van der Waals surface area contributed by atoms with Crippen LogP contribution in [0.15, 0.2) is 0 Å². The molecule has 0 aliphatic rings. The Morgan fingerprint density at radius 1 is 0.875 bits per heavy atom. The Balaban J connectivity index is 4.40. The molecule has 142 valence electrons. The molecule has 0 aliphatic heterocycles. The van der Waals surface area contributed by atoms with Gasteiger partial charge in [0.05, 0.1) is 0 Å². The molecule has 0 unspecified atom stereocenters. The van der Waals surface area contributed by atoms with E-state index in [1.165, 1.54) is 0 Å². The lowest BCUT2D eigenvalue weighted by Gasteiger charge is -2.25. The maximum Gasteiger partial charge on any atom is 0.408 e. The third-order valence-corrected chi connectivity index (χ3v) is 3.20. The molecular formula is C17H36N4O3. The first-order valence-electron chi connectivity index (χ1n) is 8.55. The van der Waals surface area contributed by atoms with Gasteiger partial charge < -0.3 is 24.8 Å². The first kappa shape index (κ1) is 22.7. The van der Waals surface area contributed by atoms with Crippen LogP contribution in [0, 0.1) is 0 Å². The van der Waals surface area contributed by atoms with Gasteiger partial charge in [-0.2, -0.15) is 0 Å². The summed E-state index contributed by atoms with van der Waals surface area (Å²) in [5.41, 5.74) is -0.565. The molecule has 0 spiro atoms. The van der Waals surface area contributed by atoms with E-state index in [0.29, 0.717) is 13.1 Å². The predicted molar refractivity (Wildman–Crippen MR) is 97.2 cm³/mol. The molecule has 0 aromatic heterocycles. The van der Waals surface area contributed by atoms with Gasteiger partial charge in [-0.1, -0.05) is 0 Å². The summed E-state index contributed by atoms with van der Waals surface area (Å²) in [5, 5.41) is 2.54. The Hall–Kier alpha value is -1.34. The Kier molecular flexibility index (Phi) is 10.6. The van der Waals surface area contributed by atoms with Gasteiger partial charge in [-0.15, -0.1) is 0 Å². The van der Waals surface area contributed by atoms with Gasteiger partial charge in [0.2, 0.25) is 5.91 Å². The largest absolute Gasteiger partial charge is 0.444 e. The molecule has 0 aliphatic carbocycles. The minimum atomic E-state index is -0.565. The summed E-state index contributed by atoms with van der Waals surface area (Å²) in [6.07, 6.45) is 1.26. The number of ether oxygens (including phenoxy) is 1. The minimum Gasteiger partial charge on any atom is -0.444 e. The van der Waals surface area contributed by atoms with Crippen molar-refractivity contribution in [2.24, 2.45) is 0 Å². The number of hydrogen-bond donors (Lipinski definition) is 1. The van der Waals surface area contributed by atoms with E-state index in [9.17, 15) is 9.59 Å². The Bertz CT molecular complexity index is 365. The summed E-state index contributed by atoms with van der Waals surface area (Å²) in [4.78, 5) is 30.1. The average molecular weight is 345 g/mol. The minimum absolute atomic E-state index is 0.0289. The van der Waals surface area contributed by atoms with Crippen LogP contribution in [-0.4, -0.2) is 93.2 Å². The highest BCUT2D eigenvalue weighted by atomic mass is 16.6. The standard InChI is InChI=1S/C17H36N4O3/c1-17(2,3)24-16(23)18-14-15(22)21(12-8-10-19(4)5)13-9-11-20(6)7/h8-14H2,1-7H3,(H,18,23). The van der Waals surface area contributed by atoms with Crippen molar-refractivity contribution in [1.82, 2.24) is 20.0 Å². The number of hydrogen-bond acceptors (Lipinski definition) is 5.